The Balaban J connectivity index is 1.49. The summed E-state index contributed by atoms with van der Waals surface area (Å²) in [6, 6.07) is 21.7. The summed E-state index contributed by atoms with van der Waals surface area (Å²) in [5, 5.41) is 10.8. The van der Waals surface area contributed by atoms with E-state index in [0.717, 1.165) is 5.56 Å². The van der Waals surface area contributed by atoms with E-state index >= 15 is 0 Å². The van der Waals surface area contributed by atoms with Crippen molar-refractivity contribution in [3.05, 3.63) is 101 Å². The molecule has 1 aliphatic carbocycles. The number of ether oxygens (including phenoxy) is 2. The smallest absolute Gasteiger partial charge is 0.311 e. The highest BCUT2D eigenvalue weighted by Crippen LogP contribution is 2.60. The van der Waals surface area contributed by atoms with E-state index in [1.165, 1.54) is 18.2 Å². The van der Waals surface area contributed by atoms with Gasteiger partial charge in [0.2, 0.25) is 6.10 Å². The highest BCUT2D eigenvalue weighted by Gasteiger charge is 2.62. The zero-order chi connectivity index (χ0) is 25.2. The molecule has 0 radical (unpaired) electrons. The lowest BCUT2D eigenvalue weighted by atomic mass is 10.1. The second kappa shape index (κ2) is 10.1. The molecule has 0 aromatic heterocycles. The number of benzene rings is 3. The van der Waals surface area contributed by atoms with Crippen molar-refractivity contribution in [1.29, 1.82) is 5.26 Å². The molecule has 0 bridgehead atoms. The summed E-state index contributed by atoms with van der Waals surface area (Å²) < 4.78 is 25.5. The van der Waals surface area contributed by atoms with Gasteiger partial charge in [-0.25, -0.2) is 4.39 Å². The Labute approximate surface area is 213 Å². The molecule has 3 aromatic carbocycles. The predicted molar refractivity (Wildman–Crippen MR) is 133 cm³/mol. The lowest BCUT2D eigenvalue weighted by Gasteiger charge is -2.14. The molecule has 35 heavy (non-hydrogen) atoms. The topological polar surface area (TPSA) is 59.3 Å². The molecule has 0 spiro atoms. The van der Waals surface area contributed by atoms with Crippen molar-refractivity contribution in [2.45, 2.75) is 20.0 Å². The number of carbonyl (C=O) groups is 1. The third kappa shape index (κ3) is 5.51. The number of carbonyl (C=O) groups excluding carboxylic acids is 1. The first-order valence-corrected chi connectivity index (χ1v) is 11.7. The Kier molecular flexibility index (Phi) is 7.16. The van der Waals surface area contributed by atoms with Gasteiger partial charge in [0, 0.05) is 15.6 Å². The summed E-state index contributed by atoms with van der Waals surface area (Å²) in [5.41, 5.74) is 0.713. The van der Waals surface area contributed by atoms with Crippen LogP contribution >= 0.6 is 23.2 Å². The third-order valence-electron chi connectivity index (χ3n) is 6.19. The Morgan fingerprint density at radius 2 is 1.80 bits per heavy atom. The maximum atomic E-state index is 14.3. The first-order valence-electron chi connectivity index (χ1n) is 11.0. The lowest BCUT2D eigenvalue weighted by molar-refractivity contribution is -0.149. The molecule has 1 fully saturated rings. The number of hydrogen-bond acceptors (Lipinski definition) is 4. The monoisotopic (exact) mass is 509 g/mol. The predicted octanol–water partition coefficient (Wildman–Crippen LogP) is 7.93. The van der Waals surface area contributed by atoms with E-state index in [-0.39, 0.29) is 11.7 Å². The largest absolute Gasteiger partial charge is 0.454 e. The molecule has 3 atom stereocenters. The highest BCUT2D eigenvalue weighted by atomic mass is 35.5. The fraction of sp³-hybridized carbons (Fsp3) is 0.214. The second-order valence-electron chi connectivity index (χ2n) is 8.90. The lowest BCUT2D eigenvalue weighted by Crippen LogP contribution is -2.14. The molecular weight excluding hydrogens is 488 g/mol. The molecule has 0 N–H and O–H groups in total. The summed E-state index contributed by atoms with van der Waals surface area (Å²) in [6.07, 6.45) is 0.621. The van der Waals surface area contributed by atoms with E-state index in [4.69, 9.17) is 32.7 Å². The van der Waals surface area contributed by atoms with Gasteiger partial charge in [0.15, 0.2) is 11.6 Å². The minimum Gasteiger partial charge on any atom is -0.454 e. The summed E-state index contributed by atoms with van der Waals surface area (Å²) in [4.78, 5) is 13.0. The zero-order valence-corrected chi connectivity index (χ0v) is 20.6. The van der Waals surface area contributed by atoms with Crippen molar-refractivity contribution >= 4 is 34.2 Å². The molecule has 1 aliphatic rings. The van der Waals surface area contributed by atoms with Crippen LogP contribution in [0.1, 0.15) is 31.1 Å². The Morgan fingerprint density at radius 3 is 2.46 bits per heavy atom. The molecule has 0 aliphatic heterocycles. The van der Waals surface area contributed by atoms with Gasteiger partial charge in [-0.2, -0.15) is 5.26 Å². The number of allylic oxidation sites excluding steroid dienone is 1. The number of rotatable bonds is 7. The molecule has 4 rings (SSSR count). The molecular formula is C28H22Cl2FNO3. The van der Waals surface area contributed by atoms with Crippen LogP contribution in [0.2, 0.25) is 5.02 Å². The minimum absolute atomic E-state index is 0.0627. The van der Waals surface area contributed by atoms with Crippen molar-refractivity contribution < 1.29 is 18.7 Å². The number of nitrogens with zero attached hydrogens (tertiary/aromatic N) is 1. The van der Waals surface area contributed by atoms with Gasteiger partial charge in [0.1, 0.15) is 11.8 Å². The van der Waals surface area contributed by atoms with Crippen LogP contribution in [-0.2, 0) is 9.53 Å². The summed E-state index contributed by atoms with van der Waals surface area (Å²) in [7, 11) is 0. The van der Waals surface area contributed by atoms with Crippen LogP contribution in [0, 0.1) is 34.4 Å². The number of nitriles is 1. The van der Waals surface area contributed by atoms with E-state index in [0.29, 0.717) is 21.4 Å². The van der Waals surface area contributed by atoms with Crippen molar-refractivity contribution in [2.24, 2.45) is 17.3 Å². The van der Waals surface area contributed by atoms with E-state index in [9.17, 15) is 14.4 Å². The van der Waals surface area contributed by atoms with Gasteiger partial charge in [-0.15, -0.1) is 0 Å². The van der Waals surface area contributed by atoms with Crippen LogP contribution in [0.3, 0.4) is 0 Å². The van der Waals surface area contributed by atoms with Gasteiger partial charge in [0.05, 0.1) is 5.92 Å². The molecule has 3 aromatic rings. The van der Waals surface area contributed by atoms with Crippen LogP contribution in [0.15, 0.2) is 78.9 Å². The van der Waals surface area contributed by atoms with Crippen LogP contribution in [-0.4, -0.2) is 5.97 Å². The van der Waals surface area contributed by atoms with Gasteiger partial charge in [-0.1, -0.05) is 79.5 Å². The minimum atomic E-state index is -1.21. The molecule has 4 nitrogen and oxygen atoms in total. The first kappa shape index (κ1) is 24.8. The number of para-hydroxylation sites is 1. The standard InChI is InChI=1S/C28H22Cl2FNO3/c1-28(2)21(15-22(30)17-8-11-19(29)12-9-17)26(28)27(33)35-25(16-32)18-10-13-23(31)24(14-18)34-20-6-4-3-5-7-20/h3-15,21,25-26H,1-2H3/b22-15-/t21-,25-,26-/m0/s1. The van der Waals surface area contributed by atoms with Crippen molar-refractivity contribution in [1.82, 2.24) is 0 Å². The Morgan fingerprint density at radius 1 is 1.11 bits per heavy atom. The second-order valence-corrected chi connectivity index (χ2v) is 9.74. The average Bonchev–Trinajstić information content (AvgIpc) is 3.39. The molecule has 7 heteroatoms. The molecule has 0 amide bonds. The normalized spacial score (nSPS) is 19.4. The van der Waals surface area contributed by atoms with Crippen molar-refractivity contribution in [3.63, 3.8) is 0 Å². The van der Waals surface area contributed by atoms with E-state index in [1.54, 1.807) is 48.5 Å². The first-order chi connectivity index (χ1) is 16.7. The third-order valence-corrected chi connectivity index (χ3v) is 6.79. The van der Waals surface area contributed by atoms with Gasteiger partial charge in [-0.05, 0) is 53.3 Å². The Hall–Kier alpha value is -3.33. The maximum Gasteiger partial charge on any atom is 0.311 e. The van der Waals surface area contributed by atoms with Gasteiger partial charge in [-0.3, -0.25) is 4.79 Å². The number of esters is 1. The molecule has 0 heterocycles. The van der Waals surface area contributed by atoms with Crippen LogP contribution in [0.25, 0.3) is 5.03 Å². The Bertz CT molecular complexity index is 1300. The van der Waals surface area contributed by atoms with E-state index < -0.39 is 29.2 Å². The number of hydrogen-bond donors (Lipinski definition) is 0. The molecule has 1 saturated carbocycles. The molecule has 178 valence electrons. The van der Waals surface area contributed by atoms with Crippen LogP contribution < -0.4 is 4.74 Å². The van der Waals surface area contributed by atoms with Crippen molar-refractivity contribution in [2.75, 3.05) is 0 Å². The summed E-state index contributed by atoms with van der Waals surface area (Å²) in [5.74, 6) is -1.36. The van der Waals surface area contributed by atoms with E-state index in [2.05, 4.69) is 0 Å². The van der Waals surface area contributed by atoms with E-state index in [1.807, 2.05) is 32.1 Å². The van der Waals surface area contributed by atoms with Gasteiger partial charge in [0.25, 0.3) is 0 Å². The summed E-state index contributed by atoms with van der Waals surface area (Å²) >= 11 is 12.4. The SMILES string of the molecule is CC1(C)[C@H](C(=O)O[C@@H](C#N)c2ccc(F)c(Oc3ccccc3)c2)[C@@H]1/C=C(\Cl)c1ccc(Cl)cc1. The summed E-state index contributed by atoms with van der Waals surface area (Å²) in [6.45, 7) is 3.88. The fourth-order valence-electron chi connectivity index (χ4n) is 4.04. The highest BCUT2D eigenvalue weighted by molar-refractivity contribution is 6.48. The van der Waals surface area contributed by atoms with Gasteiger partial charge >= 0.3 is 5.97 Å². The number of halogens is 3. The molecule has 0 saturated heterocycles. The zero-order valence-electron chi connectivity index (χ0n) is 19.0. The van der Waals surface area contributed by atoms with Crippen molar-refractivity contribution in [3.8, 4) is 17.6 Å². The molecule has 0 unspecified atom stereocenters. The maximum absolute atomic E-state index is 14.3. The van der Waals surface area contributed by atoms with Gasteiger partial charge < -0.3 is 9.47 Å². The quantitative estimate of drug-likeness (QED) is 0.303. The fourth-order valence-corrected chi connectivity index (χ4v) is 4.42. The average molecular weight is 510 g/mol. The van der Waals surface area contributed by atoms with Crippen LogP contribution in [0.5, 0.6) is 11.5 Å². The van der Waals surface area contributed by atoms with Crippen LogP contribution in [0.4, 0.5) is 4.39 Å².